The molecular formula is C4H9N3O2. The van der Waals surface area contributed by atoms with Crippen molar-refractivity contribution >= 4 is 11.9 Å². The number of urea groups is 1. The summed E-state index contributed by atoms with van der Waals surface area (Å²) >= 11 is 0. The molecule has 0 rings (SSSR count). The van der Waals surface area contributed by atoms with E-state index in [4.69, 9.17) is 5.73 Å². The summed E-state index contributed by atoms with van der Waals surface area (Å²) in [6.07, 6.45) is 0. The molecular weight excluding hydrogens is 122 g/mol. The Labute approximate surface area is 52.8 Å². The molecule has 0 spiro atoms. The van der Waals surface area contributed by atoms with Gasteiger partial charge >= 0.3 is 6.03 Å². The minimum absolute atomic E-state index is 0.323. The minimum atomic E-state index is -0.690. The van der Waals surface area contributed by atoms with E-state index in [9.17, 15) is 9.59 Å². The van der Waals surface area contributed by atoms with Crippen molar-refractivity contribution in [1.82, 2.24) is 10.4 Å². The lowest BCUT2D eigenvalue weighted by atomic mass is 10.7. The Hall–Kier alpha value is -1.26. The van der Waals surface area contributed by atoms with Gasteiger partial charge < -0.3 is 5.73 Å². The molecule has 0 fully saturated rings. The first-order valence-corrected chi connectivity index (χ1v) is 2.34. The smallest absolute Gasteiger partial charge is 0.333 e. The van der Waals surface area contributed by atoms with Crippen molar-refractivity contribution in [1.29, 1.82) is 0 Å². The molecule has 3 N–H and O–H groups in total. The van der Waals surface area contributed by atoms with Crippen molar-refractivity contribution < 1.29 is 9.59 Å². The third kappa shape index (κ3) is 3.33. The van der Waals surface area contributed by atoms with Gasteiger partial charge in [-0.2, -0.15) is 0 Å². The van der Waals surface area contributed by atoms with Gasteiger partial charge in [0.1, 0.15) is 0 Å². The highest BCUT2D eigenvalue weighted by atomic mass is 16.2. The summed E-state index contributed by atoms with van der Waals surface area (Å²) in [5, 5.41) is 0.905. The summed E-state index contributed by atoms with van der Waals surface area (Å²) in [7, 11) is 1.36. The number of carbonyl (C=O) groups is 2. The van der Waals surface area contributed by atoms with E-state index < -0.39 is 6.03 Å². The largest absolute Gasteiger partial charge is 0.350 e. The second-order valence-corrected chi connectivity index (χ2v) is 1.57. The summed E-state index contributed by atoms with van der Waals surface area (Å²) in [6, 6.07) is -0.690. The first-order chi connectivity index (χ1) is 4.04. The topological polar surface area (TPSA) is 75.4 Å². The van der Waals surface area contributed by atoms with Crippen LogP contribution in [-0.4, -0.2) is 24.0 Å². The van der Waals surface area contributed by atoms with Crippen molar-refractivity contribution in [3.8, 4) is 0 Å². The summed E-state index contributed by atoms with van der Waals surface area (Å²) < 4.78 is 0. The number of hydrazine groups is 1. The van der Waals surface area contributed by atoms with Gasteiger partial charge in [-0.1, -0.05) is 0 Å². The minimum Gasteiger partial charge on any atom is -0.350 e. The number of amides is 3. The van der Waals surface area contributed by atoms with Crippen LogP contribution < -0.4 is 11.2 Å². The summed E-state index contributed by atoms with van der Waals surface area (Å²) in [5.41, 5.74) is 6.92. The monoisotopic (exact) mass is 131 g/mol. The lowest BCUT2D eigenvalue weighted by Crippen LogP contribution is -2.45. The van der Waals surface area contributed by atoms with E-state index in [-0.39, 0.29) is 5.91 Å². The van der Waals surface area contributed by atoms with Crippen LogP contribution in [0.4, 0.5) is 4.79 Å². The average molecular weight is 131 g/mol. The third-order valence-electron chi connectivity index (χ3n) is 0.656. The van der Waals surface area contributed by atoms with E-state index in [2.05, 4.69) is 5.43 Å². The van der Waals surface area contributed by atoms with Crippen LogP contribution in [0.15, 0.2) is 0 Å². The SMILES string of the molecule is CC(=O)NN(C)C(N)=O. The third-order valence-corrected chi connectivity index (χ3v) is 0.656. The Morgan fingerprint density at radius 3 is 2.11 bits per heavy atom. The Bertz CT molecular complexity index is 134. The molecule has 3 amide bonds. The van der Waals surface area contributed by atoms with Crippen molar-refractivity contribution in [3.63, 3.8) is 0 Å². The summed E-state index contributed by atoms with van der Waals surface area (Å²) in [4.78, 5) is 20.4. The molecule has 0 bridgehead atoms. The number of nitrogens with zero attached hydrogens (tertiary/aromatic N) is 1. The van der Waals surface area contributed by atoms with E-state index in [1.165, 1.54) is 14.0 Å². The maximum Gasteiger partial charge on any atom is 0.333 e. The number of primary amides is 1. The van der Waals surface area contributed by atoms with E-state index in [0.717, 1.165) is 5.01 Å². The fourth-order valence-corrected chi connectivity index (χ4v) is 0.291. The maximum absolute atomic E-state index is 10.2. The fourth-order valence-electron chi connectivity index (χ4n) is 0.291. The Morgan fingerprint density at radius 2 is 2.00 bits per heavy atom. The van der Waals surface area contributed by atoms with Gasteiger partial charge in [-0.25, -0.2) is 9.80 Å². The predicted molar refractivity (Wildman–Crippen MR) is 31.2 cm³/mol. The van der Waals surface area contributed by atoms with Crippen LogP contribution in [0.2, 0.25) is 0 Å². The second kappa shape index (κ2) is 2.91. The first kappa shape index (κ1) is 7.74. The van der Waals surface area contributed by atoms with Gasteiger partial charge in [-0.05, 0) is 0 Å². The van der Waals surface area contributed by atoms with Gasteiger partial charge in [0, 0.05) is 14.0 Å². The van der Waals surface area contributed by atoms with Gasteiger partial charge in [0.25, 0.3) is 0 Å². The van der Waals surface area contributed by atoms with Crippen molar-refractivity contribution in [2.24, 2.45) is 5.73 Å². The first-order valence-electron chi connectivity index (χ1n) is 2.34. The normalized spacial score (nSPS) is 8.22. The molecule has 0 aromatic rings. The molecule has 0 unspecified atom stereocenters. The molecule has 0 aliphatic carbocycles. The van der Waals surface area contributed by atoms with Crippen molar-refractivity contribution in [2.45, 2.75) is 6.92 Å². The Kier molecular flexibility index (Phi) is 2.50. The Balaban J connectivity index is 3.63. The van der Waals surface area contributed by atoms with Gasteiger partial charge in [-0.15, -0.1) is 0 Å². The number of rotatable bonds is 0. The molecule has 52 valence electrons. The van der Waals surface area contributed by atoms with Gasteiger partial charge in [0.2, 0.25) is 5.91 Å². The summed E-state index contributed by atoms with van der Waals surface area (Å²) in [6.45, 7) is 1.29. The zero-order valence-corrected chi connectivity index (χ0v) is 5.34. The highest BCUT2D eigenvalue weighted by molar-refractivity contribution is 5.78. The Morgan fingerprint density at radius 1 is 1.56 bits per heavy atom. The van der Waals surface area contributed by atoms with Crippen LogP contribution in [-0.2, 0) is 4.79 Å². The molecule has 0 aliphatic rings. The van der Waals surface area contributed by atoms with E-state index in [1.807, 2.05) is 0 Å². The van der Waals surface area contributed by atoms with Crippen LogP contribution >= 0.6 is 0 Å². The number of nitrogens with one attached hydrogen (secondary N) is 1. The van der Waals surface area contributed by atoms with Gasteiger partial charge in [0.15, 0.2) is 0 Å². The molecule has 5 heteroatoms. The number of hydrogen-bond donors (Lipinski definition) is 2. The van der Waals surface area contributed by atoms with Crippen molar-refractivity contribution in [3.05, 3.63) is 0 Å². The molecule has 0 saturated carbocycles. The molecule has 0 aromatic carbocycles. The zero-order chi connectivity index (χ0) is 7.44. The molecule has 0 radical (unpaired) electrons. The van der Waals surface area contributed by atoms with Gasteiger partial charge in [-0.3, -0.25) is 10.2 Å². The maximum atomic E-state index is 10.2. The molecule has 5 nitrogen and oxygen atoms in total. The van der Waals surface area contributed by atoms with Crippen LogP contribution in [0.3, 0.4) is 0 Å². The second-order valence-electron chi connectivity index (χ2n) is 1.57. The number of carbonyl (C=O) groups excluding carboxylic acids is 2. The highest BCUT2D eigenvalue weighted by Gasteiger charge is 2.01. The number of nitrogens with two attached hydrogens (primary N) is 1. The molecule has 9 heavy (non-hydrogen) atoms. The standard InChI is InChI=1S/C4H9N3O2/c1-3(8)6-7(2)4(5)9/h1-2H3,(H2,5,9)(H,6,8). The summed E-state index contributed by atoms with van der Waals surface area (Å²) in [5.74, 6) is -0.323. The molecule has 0 heterocycles. The quantitative estimate of drug-likeness (QED) is 0.416. The molecule has 0 atom stereocenters. The van der Waals surface area contributed by atoms with Gasteiger partial charge in [0.05, 0.1) is 0 Å². The van der Waals surface area contributed by atoms with Crippen molar-refractivity contribution in [2.75, 3.05) is 7.05 Å². The predicted octanol–water partition coefficient (Wildman–Crippen LogP) is -0.952. The van der Waals surface area contributed by atoms with Crippen LogP contribution in [0.5, 0.6) is 0 Å². The lowest BCUT2D eigenvalue weighted by molar-refractivity contribution is -0.122. The molecule has 0 saturated heterocycles. The van der Waals surface area contributed by atoms with E-state index in [1.54, 1.807) is 0 Å². The highest BCUT2D eigenvalue weighted by Crippen LogP contribution is 1.71. The molecule has 0 aromatic heterocycles. The van der Waals surface area contributed by atoms with E-state index in [0.29, 0.717) is 0 Å². The molecule has 0 aliphatic heterocycles. The zero-order valence-electron chi connectivity index (χ0n) is 5.34. The number of hydrogen-bond acceptors (Lipinski definition) is 2. The fraction of sp³-hybridized carbons (Fsp3) is 0.500. The van der Waals surface area contributed by atoms with Crippen LogP contribution in [0.1, 0.15) is 6.92 Å². The average Bonchev–Trinajstić information content (AvgIpc) is 1.63. The van der Waals surface area contributed by atoms with Crippen LogP contribution in [0, 0.1) is 0 Å². The van der Waals surface area contributed by atoms with Crippen LogP contribution in [0.25, 0.3) is 0 Å². The van der Waals surface area contributed by atoms with E-state index >= 15 is 0 Å². The lowest BCUT2D eigenvalue weighted by Gasteiger charge is -2.12.